The zero-order chi connectivity index (χ0) is 13.9. The van der Waals surface area contributed by atoms with E-state index in [4.69, 9.17) is 5.73 Å². The van der Waals surface area contributed by atoms with Crippen LogP contribution in [0.2, 0.25) is 0 Å². The second-order valence-electron chi connectivity index (χ2n) is 4.28. The average molecular weight is 280 g/mol. The van der Waals surface area contributed by atoms with Crippen molar-refractivity contribution in [2.45, 2.75) is 19.8 Å². The van der Waals surface area contributed by atoms with Crippen LogP contribution in [0.4, 0.5) is 11.6 Å². The maximum absolute atomic E-state index is 11.8. The van der Waals surface area contributed by atoms with Gasteiger partial charge in [0, 0.05) is 17.3 Å². The molecule has 102 valence electrons. The number of nitrogen functional groups attached to an aromatic ring is 1. The van der Waals surface area contributed by atoms with E-state index in [1.54, 1.807) is 24.4 Å². The minimum atomic E-state index is -3.29. The number of benzene rings is 1. The van der Waals surface area contributed by atoms with Crippen molar-refractivity contribution in [1.82, 2.24) is 9.97 Å². The summed E-state index contributed by atoms with van der Waals surface area (Å²) in [6.45, 7) is 1.95. The molecule has 19 heavy (non-hydrogen) atoms. The topological polar surface area (TPSA) is 98.0 Å². The molecule has 0 aliphatic heterocycles. The maximum atomic E-state index is 11.8. The lowest BCUT2D eigenvalue weighted by atomic mass is 10.2. The summed E-state index contributed by atoms with van der Waals surface area (Å²) in [4.78, 5) is 7.94. The van der Waals surface area contributed by atoms with Gasteiger partial charge in [-0.1, -0.05) is 13.3 Å². The predicted octanol–water partition coefficient (Wildman–Crippen LogP) is 1.75. The third-order valence-corrected chi connectivity index (χ3v) is 4.01. The fraction of sp³-hybridized carbons (Fsp3) is 0.333. The molecule has 0 radical (unpaired) electrons. The van der Waals surface area contributed by atoms with Gasteiger partial charge >= 0.3 is 0 Å². The minimum Gasteiger partial charge on any atom is -0.368 e. The van der Waals surface area contributed by atoms with E-state index >= 15 is 0 Å². The van der Waals surface area contributed by atoms with E-state index in [2.05, 4.69) is 14.7 Å². The first-order valence-electron chi connectivity index (χ1n) is 6.03. The molecule has 0 spiro atoms. The molecule has 0 saturated heterocycles. The fourth-order valence-electron chi connectivity index (χ4n) is 1.68. The number of aromatic nitrogens is 2. The lowest BCUT2D eigenvalue weighted by Gasteiger charge is -2.08. The number of rotatable bonds is 5. The Labute approximate surface area is 112 Å². The van der Waals surface area contributed by atoms with Crippen molar-refractivity contribution in [2.75, 3.05) is 16.2 Å². The summed E-state index contributed by atoms with van der Waals surface area (Å²) in [5.41, 5.74) is 6.68. The first-order chi connectivity index (χ1) is 9.00. The number of sulfonamides is 1. The van der Waals surface area contributed by atoms with Crippen LogP contribution in [0.5, 0.6) is 0 Å². The number of fused-ring (bicyclic) bond motifs is 1. The van der Waals surface area contributed by atoms with E-state index in [1.165, 1.54) is 0 Å². The zero-order valence-electron chi connectivity index (χ0n) is 10.6. The molecule has 7 heteroatoms. The van der Waals surface area contributed by atoms with Crippen molar-refractivity contribution < 1.29 is 8.42 Å². The number of hydrogen-bond acceptors (Lipinski definition) is 5. The van der Waals surface area contributed by atoms with Gasteiger partial charge in [-0.05, 0) is 24.6 Å². The number of unbranched alkanes of at least 4 members (excludes halogenated alkanes) is 1. The van der Waals surface area contributed by atoms with Crippen LogP contribution in [0.3, 0.4) is 0 Å². The molecule has 0 aliphatic rings. The van der Waals surface area contributed by atoms with E-state index < -0.39 is 10.0 Å². The molecule has 1 aromatic heterocycles. The van der Waals surface area contributed by atoms with Crippen molar-refractivity contribution >= 4 is 32.6 Å². The number of nitrogens with one attached hydrogen (secondary N) is 1. The van der Waals surface area contributed by atoms with E-state index in [0.717, 1.165) is 11.8 Å². The Balaban J connectivity index is 2.24. The maximum Gasteiger partial charge on any atom is 0.232 e. The van der Waals surface area contributed by atoms with Crippen LogP contribution in [0.25, 0.3) is 10.9 Å². The van der Waals surface area contributed by atoms with Gasteiger partial charge in [0.2, 0.25) is 16.0 Å². The average Bonchev–Trinajstić information content (AvgIpc) is 2.36. The van der Waals surface area contributed by atoms with Gasteiger partial charge in [0.05, 0.1) is 11.3 Å². The summed E-state index contributed by atoms with van der Waals surface area (Å²) in [5.74, 6) is 0.323. The summed E-state index contributed by atoms with van der Waals surface area (Å²) < 4.78 is 26.1. The Morgan fingerprint density at radius 2 is 2.16 bits per heavy atom. The van der Waals surface area contributed by atoms with Gasteiger partial charge in [-0.3, -0.25) is 4.72 Å². The van der Waals surface area contributed by atoms with Gasteiger partial charge in [0.25, 0.3) is 0 Å². The Kier molecular flexibility index (Phi) is 3.84. The lowest BCUT2D eigenvalue weighted by Crippen LogP contribution is -2.16. The largest absolute Gasteiger partial charge is 0.368 e. The lowest BCUT2D eigenvalue weighted by molar-refractivity contribution is 0.598. The number of nitrogens with two attached hydrogens (primary N) is 1. The second kappa shape index (κ2) is 5.40. The molecule has 0 atom stereocenters. The molecule has 0 saturated carbocycles. The highest BCUT2D eigenvalue weighted by atomic mass is 32.2. The van der Waals surface area contributed by atoms with Crippen molar-refractivity contribution in [3.05, 3.63) is 24.4 Å². The van der Waals surface area contributed by atoms with Crippen LogP contribution < -0.4 is 10.5 Å². The highest BCUT2D eigenvalue weighted by Gasteiger charge is 2.10. The Bertz CT molecular complexity index is 685. The summed E-state index contributed by atoms with van der Waals surface area (Å²) >= 11 is 0. The van der Waals surface area contributed by atoms with Crippen molar-refractivity contribution in [3.8, 4) is 0 Å². The highest BCUT2D eigenvalue weighted by Crippen LogP contribution is 2.18. The van der Waals surface area contributed by atoms with Gasteiger partial charge in [-0.2, -0.15) is 0 Å². The van der Waals surface area contributed by atoms with Crippen molar-refractivity contribution in [2.24, 2.45) is 0 Å². The molecule has 1 heterocycles. The van der Waals surface area contributed by atoms with E-state index in [1.807, 2.05) is 6.92 Å². The first-order valence-corrected chi connectivity index (χ1v) is 7.68. The number of anilines is 2. The van der Waals surface area contributed by atoms with Gasteiger partial charge in [0.1, 0.15) is 0 Å². The standard InChI is InChI=1S/C12H16N4O2S/c1-2-3-6-19(17,18)16-10-4-5-11-9(7-10)8-14-12(13)15-11/h4-5,7-8,16H,2-3,6H2,1H3,(H2,13,14,15). The third-order valence-electron chi connectivity index (χ3n) is 2.64. The third kappa shape index (κ3) is 3.54. The summed E-state index contributed by atoms with van der Waals surface area (Å²) in [7, 11) is -3.29. The quantitative estimate of drug-likeness (QED) is 0.869. The van der Waals surface area contributed by atoms with Gasteiger partial charge in [-0.25, -0.2) is 18.4 Å². The molecule has 6 nitrogen and oxygen atoms in total. The Morgan fingerprint density at radius 1 is 1.37 bits per heavy atom. The molecule has 2 rings (SSSR count). The van der Waals surface area contributed by atoms with Crippen LogP contribution in [0, 0.1) is 0 Å². The minimum absolute atomic E-state index is 0.125. The molecule has 0 fully saturated rings. The first kappa shape index (κ1) is 13.5. The number of hydrogen-bond donors (Lipinski definition) is 2. The monoisotopic (exact) mass is 280 g/mol. The van der Waals surface area contributed by atoms with Crippen molar-refractivity contribution in [3.63, 3.8) is 0 Å². The second-order valence-corrected chi connectivity index (χ2v) is 6.12. The molecule has 0 amide bonds. The zero-order valence-corrected chi connectivity index (χ0v) is 11.4. The van der Waals surface area contributed by atoms with Gasteiger partial charge in [0.15, 0.2) is 0 Å². The highest BCUT2D eigenvalue weighted by molar-refractivity contribution is 7.92. The van der Waals surface area contributed by atoms with E-state index in [-0.39, 0.29) is 11.7 Å². The Morgan fingerprint density at radius 3 is 2.89 bits per heavy atom. The molecular formula is C12H16N4O2S. The fourth-order valence-corrected chi connectivity index (χ4v) is 2.93. The van der Waals surface area contributed by atoms with E-state index in [0.29, 0.717) is 17.6 Å². The van der Waals surface area contributed by atoms with Crippen LogP contribution in [0.15, 0.2) is 24.4 Å². The Hall–Kier alpha value is -1.89. The molecule has 3 N–H and O–H groups in total. The predicted molar refractivity (Wildman–Crippen MR) is 76.3 cm³/mol. The summed E-state index contributed by atoms with van der Waals surface area (Å²) in [5, 5.41) is 0.741. The SMILES string of the molecule is CCCCS(=O)(=O)Nc1ccc2nc(N)ncc2c1. The smallest absolute Gasteiger partial charge is 0.232 e. The van der Waals surface area contributed by atoms with Gasteiger partial charge < -0.3 is 5.73 Å². The van der Waals surface area contributed by atoms with Crippen LogP contribution >= 0.6 is 0 Å². The normalized spacial score (nSPS) is 11.6. The summed E-state index contributed by atoms with van der Waals surface area (Å²) in [6, 6.07) is 5.07. The van der Waals surface area contributed by atoms with Crippen LogP contribution in [-0.2, 0) is 10.0 Å². The molecule has 0 aliphatic carbocycles. The van der Waals surface area contributed by atoms with Crippen molar-refractivity contribution in [1.29, 1.82) is 0 Å². The molecular weight excluding hydrogens is 264 g/mol. The van der Waals surface area contributed by atoms with Crippen LogP contribution in [-0.4, -0.2) is 24.1 Å². The molecule has 1 aromatic carbocycles. The molecule has 0 unspecified atom stereocenters. The van der Waals surface area contributed by atoms with E-state index in [9.17, 15) is 8.42 Å². The summed E-state index contributed by atoms with van der Waals surface area (Å²) in [6.07, 6.45) is 3.05. The van der Waals surface area contributed by atoms with Gasteiger partial charge in [-0.15, -0.1) is 0 Å². The molecule has 2 aromatic rings. The van der Waals surface area contributed by atoms with Crippen LogP contribution in [0.1, 0.15) is 19.8 Å². The molecule has 0 bridgehead atoms. The number of nitrogens with zero attached hydrogens (tertiary/aromatic N) is 2.